The fraction of sp³-hybridized carbons (Fsp3) is 0.185. The molecule has 1 heterocycles. The first kappa shape index (κ1) is 22.7. The third-order valence-electron chi connectivity index (χ3n) is 5.21. The van der Waals surface area contributed by atoms with Crippen LogP contribution in [0, 0.1) is 11.3 Å². The van der Waals surface area contributed by atoms with Crippen LogP contribution in [0.25, 0.3) is 0 Å². The number of imidazole rings is 1. The highest BCUT2D eigenvalue weighted by atomic mass is 32.2. The molecular weight excluding hydrogens is 428 g/mol. The zero-order chi connectivity index (χ0) is 22.7. The van der Waals surface area contributed by atoms with E-state index >= 15 is 0 Å². The molecule has 5 nitrogen and oxygen atoms in total. The maximum Gasteiger partial charge on any atom is 0.119 e. The Balaban J connectivity index is 1.16. The first-order chi connectivity index (χ1) is 16.3. The van der Waals surface area contributed by atoms with Crippen molar-refractivity contribution >= 4 is 11.9 Å². The van der Waals surface area contributed by atoms with Gasteiger partial charge in [0.15, 0.2) is 0 Å². The maximum absolute atomic E-state index is 8.94. The fourth-order valence-electron chi connectivity index (χ4n) is 3.40. The summed E-state index contributed by atoms with van der Waals surface area (Å²) in [5.74, 6) is 0.874. The van der Waals surface area contributed by atoms with Gasteiger partial charge in [-0.1, -0.05) is 42.5 Å². The van der Waals surface area contributed by atoms with Crippen molar-refractivity contribution < 1.29 is 4.74 Å². The molecule has 0 fully saturated rings. The molecule has 0 aliphatic rings. The number of nitriles is 1. The average molecular weight is 455 g/mol. The van der Waals surface area contributed by atoms with Gasteiger partial charge in [-0.05, 0) is 72.3 Å². The molecule has 3 aromatic carbocycles. The van der Waals surface area contributed by atoms with Crippen LogP contribution in [0.4, 0.5) is 0 Å². The lowest BCUT2D eigenvalue weighted by Crippen LogP contribution is -2.09. The summed E-state index contributed by atoms with van der Waals surface area (Å²) in [4.78, 5) is 5.47. The molecule has 0 aliphatic heterocycles. The number of aryl methyl sites for hydroxylation is 1. The number of hydrogen-bond acceptors (Lipinski definition) is 5. The van der Waals surface area contributed by atoms with Crippen LogP contribution in [0.15, 0.2) is 96.3 Å². The summed E-state index contributed by atoms with van der Waals surface area (Å²) < 4.78 is 11.5. The van der Waals surface area contributed by atoms with Crippen molar-refractivity contribution in [1.82, 2.24) is 14.3 Å². The molecule has 0 saturated heterocycles. The Morgan fingerprint density at radius 2 is 1.73 bits per heavy atom. The Labute approximate surface area is 199 Å². The van der Waals surface area contributed by atoms with Crippen LogP contribution in [0.5, 0.6) is 5.75 Å². The van der Waals surface area contributed by atoms with Gasteiger partial charge in [0.1, 0.15) is 12.4 Å². The summed E-state index contributed by atoms with van der Waals surface area (Å²) in [6.45, 7) is 2.24. The normalized spacial score (nSPS) is 10.6. The van der Waals surface area contributed by atoms with E-state index in [0.29, 0.717) is 12.2 Å². The van der Waals surface area contributed by atoms with Crippen LogP contribution in [-0.2, 0) is 19.6 Å². The second kappa shape index (κ2) is 11.9. The fourth-order valence-corrected chi connectivity index (χ4v) is 4.09. The molecule has 0 aliphatic carbocycles. The van der Waals surface area contributed by atoms with Crippen LogP contribution in [0.1, 0.15) is 28.8 Å². The summed E-state index contributed by atoms with van der Waals surface area (Å²) >= 11 is 1.64. The van der Waals surface area contributed by atoms with Gasteiger partial charge in [-0.15, -0.1) is 0 Å². The molecule has 0 atom stereocenters. The highest BCUT2D eigenvalue weighted by Crippen LogP contribution is 2.20. The second-order valence-electron chi connectivity index (χ2n) is 7.67. The molecule has 33 heavy (non-hydrogen) atoms. The van der Waals surface area contributed by atoms with E-state index in [4.69, 9.17) is 10.00 Å². The number of ether oxygens (including phenoxy) is 1. The van der Waals surface area contributed by atoms with Gasteiger partial charge in [0.05, 0.1) is 18.0 Å². The Morgan fingerprint density at radius 3 is 2.48 bits per heavy atom. The summed E-state index contributed by atoms with van der Waals surface area (Å²) in [6.07, 6.45) is 5.78. The summed E-state index contributed by atoms with van der Waals surface area (Å²) in [5.41, 5.74) is 4.22. The van der Waals surface area contributed by atoms with Gasteiger partial charge >= 0.3 is 0 Å². The van der Waals surface area contributed by atoms with E-state index in [-0.39, 0.29) is 0 Å². The quantitative estimate of drug-likeness (QED) is 0.236. The molecule has 0 radical (unpaired) electrons. The monoisotopic (exact) mass is 454 g/mol. The van der Waals surface area contributed by atoms with Gasteiger partial charge in [0, 0.05) is 29.9 Å². The first-order valence-corrected chi connectivity index (χ1v) is 11.8. The maximum atomic E-state index is 8.94. The molecule has 1 aromatic heterocycles. The third kappa shape index (κ3) is 6.98. The van der Waals surface area contributed by atoms with Crippen molar-refractivity contribution in [2.75, 3.05) is 6.54 Å². The topological polar surface area (TPSA) is 62.9 Å². The molecule has 6 heteroatoms. The predicted molar refractivity (Wildman–Crippen MR) is 132 cm³/mol. The Hall–Kier alpha value is -3.53. The molecule has 0 unspecified atom stereocenters. The third-order valence-corrected chi connectivity index (χ3v) is 6.06. The van der Waals surface area contributed by atoms with Crippen LogP contribution in [-0.4, -0.2) is 16.1 Å². The highest BCUT2D eigenvalue weighted by Gasteiger charge is 2.04. The van der Waals surface area contributed by atoms with E-state index in [9.17, 15) is 0 Å². The second-order valence-corrected chi connectivity index (χ2v) is 8.63. The summed E-state index contributed by atoms with van der Waals surface area (Å²) in [6, 6.07) is 28.2. The van der Waals surface area contributed by atoms with Crippen molar-refractivity contribution in [3.63, 3.8) is 0 Å². The van der Waals surface area contributed by atoms with Crippen LogP contribution < -0.4 is 9.46 Å². The largest absolute Gasteiger partial charge is 0.489 e. The Bertz CT molecular complexity index is 1170. The lowest BCUT2D eigenvalue weighted by molar-refractivity contribution is 0.306. The minimum atomic E-state index is 0.577. The van der Waals surface area contributed by atoms with Gasteiger partial charge in [-0.25, -0.2) is 4.98 Å². The molecule has 166 valence electrons. The van der Waals surface area contributed by atoms with Gasteiger partial charge in [-0.3, -0.25) is 4.72 Å². The molecule has 1 N–H and O–H groups in total. The van der Waals surface area contributed by atoms with E-state index in [1.807, 2.05) is 67.1 Å². The number of aromatic nitrogens is 2. The van der Waals surface area contributed by atoms with Crippen LogP contribution >= 0.6 is 11.9 Å². The van der Waals surface area contributed by atoms with E-state index in [2.05, 4.69) is 44.6 Å². The SMILES string of the molecule is N#Cc1ccc(Cn2cncc2CCCNSc2ccc(OCc3ccccc3)cc2)cc1. The summed E-state index contributed by atoms with van der Waals surface area (Å²) in [5, 5.41) is 8.94. The predicted octanol–water partition coefficient (Wildman–Crippen LogP) is 5.61. The summed E-state index contributed by atoms with van der Waals surface area (Å²) in [7, 11) is 0. The smallest absolute Gasteiger partial charge is 0.119 e. The molecule has 4 rings (SSSR count). The highest BCUT2D eigenvalue weighted by molar-refractivity contribution is 7.97. The number of benzene rings is 3. The first-order valence-electron chi connectivity index (χ1n) is 10.9. The molecule has 0 spiro atoms. The van der Waals surface area contributed by atoms with Gasteiger partial charge in [0.25, 0.3) is 0 Å². The van der Waals surface area contributed by atoms with Crippen molar-refractivity contribution in [3.8, 4) is 11.8 Å². The molecule has 0 saturated carbocycles. The Morgan fingerprint density at radius 1 is 0.939 bits per heavy atom. The standard InChI is InChI=1S/C27H26N4OS/c28-17-22-8-10-23(11-9-22)19-31-21-29-18-25(31)7-4-16-30-33-27-14-12-26(13-15-27)32-20-24-5-2-1-3-6-24/h1-3,5-6,8-15,18,21,30H,4,7,16,19-20H2. The van der Waals surface area contributed by atoms with E-state index < -0.39 is 0 Å². The van der Waals surface area contributed by atoms with Crippen LogP contribution in [0.2, 0.25) is 0 Å². The van der Waals surface area contributed by atoms with Crippen molar-refractivity contribution in [3.05, 3.63) is 114 Å². The number of hydrogen-bond donors (Lipinski definition) is 1. The van der Waals surface area contributed by atoms with E-state index in [0.717, 1.165) is 47.7 Å². The van der Waals surface area contributed by atoms with Gasteiger partial charge < -0.3 is 9.30 Å². The Kier molecular flexibility index (Phi) is 8.18. The van der Waals surface area contributed by atoms with Gasteiger partial charge in [0.2, 0.25) is 0 Å². The molecule has 4 aromatic rings. The lowest BCUT2D eigenvalue weighted by atomic mass is 10.1. The number of nitrogens with zero attached hydrogens (tertiary/aromatic N) is 3. The van der Waals surface area contributed by atoms with E-state index in [1.165, 1.54) is 5.69 Å². The molecule has 0 bridgehead atoms. The van der Waals surface area contributed by atoms with Crippen LogP contribution in [0.3, 0.4) is 0 Å². The minimum absolute atomic E-state index is 0.577. The zero-order valence-corrected chi connectivity index (χ0v) is 19.2. The molecule has 0 amide bonds. The van der Waals surface area contributed by atoms with Crippen molar-refractivity contribution in [2.24, 2.45) is 0 Å². The number of nitrogens with one attached hydrogen (secondary N) is 1. The minimum Gasteiger partial charge on any atom is -0.489 e. The van der Waals surface area contributed by atoms with Gasteiger partial charge in [-0.2, -0.15) is 5.26 Å². The van der Waals surface area contributed by atoms with Crippen molar-refractivity contribution in [1.29, 1.82) is 5.26 Å². The zero-order valence-electron chi connectivity index (χ0n) is 18.4. The van der Waals surface area contributed by atoms with E-state index in [1.54, 1.807) is 11.9 Å². The average Bonchev–Trinajstić information content (AvgIpc) is 3.31. The molecular formula is C27H26N4OS. The lowest BCUT2D eigenvalue weighted by Gasteiger charge is -2.09. The number of rotatable bonds is 11. The van der Waals surface area contributed by atoms with Crippen molar-refractivity contribution in [2.45, 2.75) is 30.9 Å².